The molecule has 19 heavy (non-hydrogen) atoms. The number of amides is 1. The van der Waals surface area contributed by atoms with Crippen molar-refractivity contribution in [1.82, 2.24) is 4.90 Å². The number of nitrogens with two attached hydrogens (primary N) is 1. The first-order chi connectivity index (χ1) is 9.17. The Morgan fingerprint density at radius 3 is 3.00 bits per heavy atom. The van der Waals surface area contributed by atoms with Gasteiger partial charge in [-0.15, -0.1) is 0 Å². The highest BCUT2D eigenvalue weighted by atomic mass is 16.5. The number of methoxy groups -OCH3 is 1. The molecule has 2 unspecified atom stereocenters. The van der Waals surface area contributed by atoms with Gasteiger partial charge in [0.15, 0.2) is 0 Å². The summed E-state index contributed by atoms with van der Waals surface area (Å²) in [5.74, 6) is 1.23. The second-order valence-electron chi connectivity index (χ2n) is 5.15. The van der Waals surface area contributed by atoms with Gasteiger partial charge in [-0.1, -0.05) is 13.0 Å². The van der Waals surface area contributed by atoms with Crippen LogP contribution in [0.4, 0.5) is 0 Å². The van der Waals surface area contributed by atoms with Crippen molar-refractivity contribution in [2.45, 2.75) is 25.8 Å². The van der Waals surface area contributed by atoms with Crippen molar-refractivity contribution in [1.29, 1.82) is 0 Å². The van der Waals surface area contributed by atoms with E-state index in [4.69, 9.17) is 10.5 Å². The minimum absolute atomic E-state index is 0.0564. The molecule has 0 aliphatic carbocycles. The number of likely N-dealkylation sites (tertiary alicyclic amines) is 1. The summed E-state index contributed by atoms with van der Waals surface area (Å²) in [5, 5.41) is 0. The second-order valence-corrected chi connectivity index (χ2v) is 5.15. The third-order valence-corrected chi connectivity index (χ3v) is 3.93. The van der Waals surface area contributed by atoms with Crippen molar-refractivity contribution in [2.75, 3.05) is 20.2 Å². The zero-order chi connectivity index (χ0) is 13.8. The molecule has 0 bridgehead atoms. The third-order valence-electron chi connectivity index (χ3n) is 3.93. The topological polar surface area (TPSA) is 55.6 Å². The highest BCUT2D eigenvalue weighted by Gasteiger charge is 2.31. The van der Waals surface area contributed by atoms with E-state index < -0.39 is 0 Å². The van der Waals surface area contributed by atoms with E-state index in [9.17, 15) is 4.79 Å². The summed E-state index contributed by atoms with van der Waals surface area (Å²) >= 11 is 0. The Kier molecular flexibility index (Phi) is 4.43. The van der Waals surface area contributed by atoms with Gasteiger partial charge in [0.2, 0.25) is 0 Å². The van der Waals surface area contributed by atoms with Gasteiger partial charge < -0.3 is 15.4 Å². The van der Waals surface area contributed by atoms with Gasteiger partial charge in [-0.25, -0.2) is 0 Å². The van der Waals surface area contributed by atoms with Gasteiger partial charge in [-0.2, -0.15) is 0 Å². The molecular formula is C15H22N2O2. The van der Waals surface area contributed by atoms with E-state index in [-0.39, 0.29) is 11.9 Å². The Morgan fingerprint density at radius 1 is 1.53 bits per heavy atom. The van der Waals surface area contributed by atoms with E-state index in [1.165, 1.54) is 0 Å². The minimum Gasteiger partial charge on any atom is -0.497 e. The third kappa shape index (κ3) is 2.89. The van der Waals surface area contributed by atoms with Crippen LogP contribution in [0.25, 0.3) is 0 Å². The fourth-order valence-corrected chi connectivity index (χ4v) is 2.78. The van der Waals surface area contributed by atoms with Gasteiger partial charge in [-0.3, -0.25) is 4.79 Å². The number of carbonyl (C=O) groups is 1. The number of benzene rings is 1. The molecule has 2 atom stereocenters. The molecule has 0 spiro atoms. The molecule has 0 aromatic heterocycles. The summed E-state index contributed by atoms with van der Waals surface area (Å²) in [5.41, 5.74) is 6.51. The first-order valence-electron chi connectivity index (χ1n) is 6.82. The Balaban J connectivity index is 2.21. The number of hydrogen-bond donors (Lipinski definition) is 1. The lowest BCUT2D eigenvalue weighted by molar-refractivity contribution is 0.0532. The van der Waals surface area contributed by atoms with Crippen LogP contribution >= 0.6 is 0 Å². The van der Waals surface area contributed by atoms with Gasteiger partial charge in [0.25, 0.3) is 5.91 Å². The quantitative estimate of drug-likeness (QED) is 0.905. The molecule has 0 radical (unpaired) electrons. The van der Waals surface area contributed by atoms with Crippen LogP contribution in [0.15, 0.2) is 24.3 Å². The zero-order valence-electron chi connectivity index (χ0n) is 11.6. The largest absolute Gasteiger partial charge is 0.497 e. The number of piperidine rings is 1. The first kappa shape index (κ1) is 13.9. The number of nitrogens with zero attached hydrogens (tertiary/aromatic N) is 1. The van der Waals surface area contributed by atoms with E-state index in [0.717, 1.165) is 19.4 Å². The number of rotatable bonds is 3. The van der Waals surface area contributed by atoms with E-state index in [1.807, 2.05) is 23.1 Å². The molecule has 2 N–H and O–H groups in total. The van der Waals surface area contributed by atoms with E-state index in [1.54, 1.807) is 13.2 Å². The van der Waals surface area contributed by atoms with E-state index in [2.05, 4.69) is 6.92 Å². The molecule has 1 aromatic carbocycles. The molecule has 1 aromatic rings. The van der Waals surface area contributed by atoms with Gasteiger partial charge in [-0.05, 0) is 37.0 Å². The average Bonchev–Trinajstić information content (AvgIpc) is 2.46. The van der Waals surface area contributed by atoms with Crippen molar-refractivity contribution in [2.24, 2.45) is 11.7 Å². The molecule has 0 saturated carbocycles. The maximum Gasteiger partial charge on any atom is 0.254 e. The second kappa shape index (κ2) is 6.06. The average molecular weight is 262 g/mol. The van der Waals surface area contributed by atoms with Crippen LogP contribution in [0.2, 0.25) is 0 Å². The van der Waals surface area contributed by atoms with Crippen LogP contribution in [0.5, 0.6) is 5.75 Å². The Hall–Kier alpha value is -1.55. The predicted octanol–water partition coefficient (Wildman–Crippen LogP) is 1.89. The Labute approximate surface area is 114 Å². The SMILES string of the molecule is COc1cccc(C(=O)N2CCCC(C)C2CN)c1. The Morgan fingerprint density at radius 2 is 2.32 bits per heavy atom. The molecule has 2 rings (SSSR count). The summed E-state index contributed by atoms with van der Waals surface area (Å²) < 4.78 is 5.17. The van der Waals surface area contributed by atoms with Crippen LogP contribution in [-0.2, 0) is 0 Å². The summed E-state index contributed by atoms with van der Waals surface area (Å²) in [7, 11) is 1.61. The minimum atomic E-state index is 0.0564. The Bertz CT molecular complexity index is 448. The van der Waals surface area contributed by atoms with Crippen molar-refractivity contribution >= 4 is 5.91 Å². The molecule has 4 heteroatoms. The normalized spacial score (nSPS) is 23.2. The maximum atomic E-state index is 12.6. The molecule has 1 heterocycles. The lowest BCUT2D eigenvalue weighted by Crippen LogP contribution is -2.51. The molecule has 1 saturated heterocycles. The smallest absolute Gasteiger partial charge is 0.254 e. The molecular weight excluding hydrogens is 240 g/mol. The van der Waals surface area contributed by atoms with E-state index >= 15 is 0 Å². The van der Waals surface area contributed by atoms with Gasteiger partial charge in [0.05, 0.1) is 7.11 Å². The van der Waals surface area contributed by atoms with Gasteiger partial charge in [0.1, 0.15) is 5.75 Å². The highest BCUT2D eigenvalue weighted by Crippen LogP contribution is 2.25. The van der Waals surface area contributed by atoms with E-state index in [0.29, 0.717) is 23.8 Å². The summed E-state index contributed by atoms with van der Waals surface area (Å²) in [6, 6.07) is 7.45. The van der Waals surface area contributed by atoms with Gasteiger partial charge in [0, 0.05) is 24.7 Å². The molecule has 1 aliphatic rings. The van der Waals surface area contributed by atoms with Crippen LogP contribution < -0.4 is 10.5 Å². The summed E-state index contributed by atoms with van der Waals surface area (Å²) in [6.45, 7) is 3.49. The van der Waals surface area contributed by atoms with Crippen LogP contribution in [0, 0.1) is 5.92 Å². The number of ether oxygens (including phenoxy) is 1. The number of hydrogen-bond acceptors (Lipinski definition) is 3. The lowest BCUT2D eigenvalue weighted by Gasteiger charge is -2.39. The van der Waals surface area contributed by atoms with Crippen LogP contribution in [-0.4, -0.2) is 37.0 Å². The summed E-state index contributed by atoms with van der Waals surface area (Å²) in [6.07, 6.45) is 2.19. The summed E-state index contributed by atoms with van der Waals surface area (Å²) in [4.78, 5) is 14.5. The molecule has 1 amide bonds. The van der Waals surface area contributed by atoms with Crippen molar-refractivity contribution < 1.29 is 9.53 Å². The molecule has 1 aliphatic heterocycles. The molecule has 1 fully saturated rings. The predicted molar refractivity (Wildman–Crippen MR) is 75.3 cm³/mol. The van der Waals surface area contributed by atoms with Crippen molar-refractivity contribution in [3.8, 4) is 5.75 Å². The fraction of sp³-hybridized carbons (Fsp3) is 0.533. The van der Waals surface area contributed by atoms with Crippen molar-refractivity contribution in [3.05, 3.63) is 29.8 Å². The first-order valence-corrected chi connectivity index (χ1v) is 6.82. The molecule has 4 nitrogen and oxygen atoms in total. The van der Waals surface area contributed by atoms with Gasteiger partial charge >= 0.3 is 0 Å². The number of carbonyl (C=O) groups excluding carboxylic acids is 1. The fourth-order valence-electron chi connectivity index (χ4n) is 2.78. The monoisotopic (exact) mass is 262 g/mol. The zero-order valence-corrected chi connectivity index (χ0v) is 11.6. The standard InChI is InChI=1S/C15H22N2O2/c1-11-5-4-8-17(14(11)10-16)15(18)12-6-3-7-13(9-12)19-2/h3,6-7,9,11,14H,4-5,8,10,16H2,1-2H3. The van der Waals surface area contributed by atoms with Crippen LogP contribution in [0.1, 0.15) is 30.1 Å². The maximum absolute atomic E-state index is 12.6. The lowest BCUT2D eigenvalue weighted by atomic mass is 9.90. The highest BCUT2D eigenvalue weighted by molar-refractivity contribution is 5.95. The molecule has 104 valence electrons. The van der Waals surface area contributed by atoms with Crippen LogP contribution in [0.3, 0.4) is 0 Å². The van der Waals surface area contributed by atoms with Crippen molar-refractivity contribution in [3.63, 3.8) is 0 Å².